The fourth-order valence-corrected chi connectivity index (χ4v) is 1.67. The molecule has 1 heterocycles. The summed E-state index contributed by atoms with van der Waals surface area (Å²) in [5.74, 6) is -0.178. The number of nitrogens with one attached hydrogen (secondary N) is 1. The Balaban J connectivity index is 2.18. The Morgan fingerprint density at radius 1 is 1.29 bits per heavy atom. The van der Waals surface area contributed by atoms with Gasteiger partial charge in [-0.2, -0.15) is 0 Å². The van der Waals surface area contributed by atoms with Crippen molar-refractivity contribution in [1.29, 1.82) is 0 Å². The van der Waals surface area contributed by atoms with E-state index in [2.05, 4.69) is 15.5 Å². The van der Waals surface area contributed by atoms with E-state index in [9.17, 15) is 13.6 Å². The average molecular weight is 293 g/mol. The third-order valence-electron chi connectivity index (χ3n) is 2.69. The number of rotatable bonds is 5. The quantitative estimate of drug-likeness (QED) is 0.917. The highest BCUT2D eigenvalue weighted by molar-refractivity contribution is 5.95. The SMILES string of the molecule is COc1ccc(-c2cccc(C(=O)NCC(F)F)c2)nn1. The molecule has 2 rings (SSSR count). The minimum Gasteiger partial charge on any atom is -0.480 e. The Morgan fingerprint density at radius 2 is 2.10 bits per heavy atom. The number of benzene rings is 1. The Kier molecular flexibility index (Phi) is 4.76. The van der Waals surface area contributed by atoms with Crippen molar-refractivity contribution < 1.29 is 18.3 Å². The summed E-state index contributed by atoms with van der Waals surface area (Å²) < 4.78 is 29.1. The second-order valence-corrected chi connectivity index (χ2v) is 4.14. The van der Waals surface area contributed by atoms with E-state index in [1.165, 1.54) is 7.11 Å². The highest BCUT2D eigenvalue weighted by atomic mass is 19.3. The van der Waals surface area contributed by atoms with Crippen LogP contribution in [0.2, 0.25) is 0 Å². The zero-order valence-corrected chi connectivity index (χ0v) is 11.2. The van der Waals surface area contributed by atoms with Crippen LogP contribution < -0.4 is 10.1 Å². The van der Waals surface area contributed by atoms with E-state index >= 15 is 0 Å². The Morgan fingerprint density at radius 3 is 2.71 bits per heavy atom. The number of hydrogen-bond acceptors (Lipinski definition) is 4. The largest absolute Gasteiger partial charge is 0.480 e. The van der Waals surface area contributed by atoms with E-state index in [0.717, 1.165) is 0 Å². The van der Waals surface area contributed by atoms with Crippen LogP contribution in [0.3, 0.4) is 0 Å². The van der Waals surface area contributed by atoms with Crippen LogP contribution in [0.15, 0.2) is 36.4 Å². The summed E-state index contributed by atoms with van der Waals surface area (Å²) in [6, 6.07) is 9.85. The molecule has 1 aromatic heterocycles. The predicted octanol–water partition coefficient (Wildman–Crippen LogP) is 2.15. The van der Waals surface area contributed by atoms with Crippen LogP contribution in [-0.4, -0.2) is 36.2 Å². The average Bonchev–Trinajstić information content (AvgIpc) is 2.52. The standard InChI is InChI=1S/C14H13F2N3O2/c1-21-13-6-5-11(18-19-13)9-3-2-4-10(7-9)14(20)17-8-12(15)16/h2-7,12H,8H2,1H3,(H,17,20). The molecule has 110 valence electrons. The van der Waals surface area contributed by atoms with Crippen molar-refractivity contribution in [3.8, 4) is 17.1 Å². The first-order valence-electron chi connectivity index (χ1n) is 6.14. The van der Waals surface area contributed by atoms with Crippen LogP contribution >= 0.6 is 0 Å². The summed E-state index contributed by atoms with van der Waals surface area (Å²) in [4.78, 5) is 11.7. The van der Waals surface area contributed by atoms with Gasteiger partial charge in [0.15, 0.2) is 0 Å². The van der Waals surface area contributed by atoms with Gasteiger partial charge in [0.25, 0.3) is 12.3 Å². The van der Waals surface area contributed by atoms with Gasteiger partial charge >= 0.3 is 0 Å². The summed E-state index contributed by atoms with van der Waals surface area (Å²) in [5, 5.41) is 9.95. The molecule has 7 heteroatoms. The van der Waals surface area contributed by atoms with Gasteiger partial charge in [0.05, 0.1) is 19.3 Å². The molecular formula is C14H13F2N3O2. The van der Waals surface area contributed by atoms with Crippen molar-refractivity contribution in [2.45, 2.75) is 6.43 Å². The Bertz CT molecular complexity index is 618. The molecule has 0 atom stereocenters. The summed E-state index contributed by atoms with van der Waals surface area (Å²) in [6.07, 6.45) is -2.58. The molecule has 2 aromatic rings. The van der Waals surface area contributed by atoms with Gasteiger partial charge in [0, 0.05) is 17.2 Å². The molecule has 0 unspecified atom stereocenters. The van der Waals surface area contributed by atoms with Crippen LogP contribution in [0.25, 0.3) is 11.3 Å². The summed E-state index contributed by atoms with van der Waals surface area (Å²) in [7, 11) is 1.48. The van der Waals surface area contributed by atoms with E-state index in [1.807, 2.05) is 0 Å². The normalized spacial score (nSPS) is 10.5. The zero-order valence-electron chi connectivity index (χ0n) is 11.2. The molecule has 21 heavy (non-hydrogen) atoms. The second kappa shape index (κ2) is 6.74. The van der Waals surface area contributed by atoms with Gasteiger partial charge < -0.3 is 10.1 Å². The molecule has 1 N–H and O–H groups in total. The molecule has 0 radical (unpaired) electrons. The van der Waals surface area contributed by atoms with Crippen molar-refractivity contribution in [1.82, 2.24) is 15.5 Å². The van der Waals surface area contributed by atoms with Gasteiger partial charge in [-0.1, -0.05) is 12.1 Å². The number of ether oxygens (including phenoxy) is 1. The molecule has 1 amide bonds. The van der Waals surface area contributed by atoms with Gasteiger partial charge in [-0.15, -0.1) is 10.2 Å². The van der Waals surface area contributed by atoms with E-state index in [-0.39, 0.29) is 5.56 Å². The number of halogens is 2. The van der Waals surface area contributed by atoms with Crippen LogP contribution in [0.5, 0.6) is 5.88 Å². The molecule has 1 aromatic carbocycles. The maximum absolute atomic E-state index is 12.1. The van der Waals surface area contributed by atoms with Gasteiger partial charge in [0.2, 0.25) is 5.88 Å². The van der Waals surface area contributed by atoms with Crippen LogP contribution in [0.4, 0.5) is 8.78 Å². The first-order valence-corrected chi connectivity index (χ1v) is 6.14. The lowest BCUT2D eigenvalue weighted by Gasteiger charge is -2.06. The van der Waals surface area contributed by atoms with Crippen LogP contribution in [0.1, 0.15) is 10.4 Å². The fraction of sp³-hybridized carbons (Fsp3) is 0.214. The van der Waals surface area contributed by atoms with E-state index < -0.39 is 18.9 Å². The molecular weight excluding hydrogens is 280 g/mol. The first-order chi connectivity index (χ1) is 10.1. The summed E-state index contributed by atoms with van der Waals surface area (Å²) in [6.45, 7) is -0.675. The second-order valence-electron chi connectivity index (χ2n) is 4.14. The lowest BCUT2D eigenvalue weighted by Crippen LogP contribution is -2.28. The molecule has 5 nitrogen and oxygen atoms in total. The molecule has 0 saturated heterocycles. The number of hydrogen-bond donors (Lipinski definition) is 1. The third-order valence-corrected chi connectivity index (χ3v) is 2.69. The van der Waals surface area contributed by atoms with Crippen molar-refractivity contribution in [2.24, 2.45) is 0 Å². The molecule has 0 aliphatic rings. The van der Waals surface area contributed by atoms with E-state index in [0.29, 0.717) is 17.1 Å². The predicted molar refractivity (Wildman–Crippen MR) is 72.4 cm³/mol. The molecule has 0 saturated carbocycles. The number of aromatic nitrogens is 2. The maximum atomic E-state index is 12.1. The molecule has 0 spiro atoms. The fourth-order valence-electron chi connectivity index (χ4n) is 1.67. The van der Waals surface area contributed by atoms with Crippen LogP contribution in [-0.2, 0) is 0 Å². The number of methoxy groups -OCH3 is 1. The minimum atomic E-state index is -2.58. The molecule has 0 aliphatic carbocycles. The van der Waals surface area contributed by atoms with Gasteiger partial charge in [-0.3, -0.25) is 4.79 Å². The minimum absolute atomic E-state index is 0.283. The van der Waals surface area contributed by atoms with Crippen LogP contribution in [0, 0.1) is 0 Å². The highest BCUT2D eigenvalue weighted by Crippen LogP contribution is 2.19. The summed E-state index contributed by atoms with van der Waals surface area (Å²) >= 11 is 0. The number of carbonyl (C=O) groups excluding carboxylic acids is 1. The van der Waals surface area contributed by atoms with Gasteiger partial charge in [-0.05, 0) is 18.2 Å². The molecule has 0 bridgehead atoms. The van der Waals surface area contributed by atoms with Crippen molar-refractivity contribution in [2.75, 3.05) is 13.7 Å². The monoisotopic (exact) mass is 293 g/mol. The smallest absolute Gasteiger partial charge is 0.255 e. The number of alkyl halides is 2. The Labute approximate surface area is 120 Å². The summed E-state index contributed by atoms with van der Waals surface area (Å²) in [5.41, 5.74) is 1.50. The third kappa shape index (κ3) is 3.95. The lowest BCUT2D eigenvalue weighted by atomic mass is 10.1. The number of amides is 1. The first kappa shape index (κ1) is 14.8. The van der Waals surface area contributed by atoms with Gasteiger partial charge in [-0.25, -0.2) is 8.78 Å². The van der Waals surface area contributed by atoms with Gasteiger partial charge in [0.1, 0.15) is 0 Å². The highest BCUT2D eigenvalue weighted by Gasteiger charge is 2.10. The van der Waals surface area contributed by atoms with Crippen molar-refractivity contribution >= 4 is 5.91 Å². The topological polar surface area (TPSA) is 64.1 Å². The number of nitrogens with zero attached hydrogens (tertiary/aromatic N) is 2. The molecule has 0 aliphatic heterocycles. The van der Waals surface area contributed by atoms with E-state index in [4.69, 9.17) is 4.74 Å². The van der Waals surface area contributed by atoms with Crippen molar-refractivity contribution in [3.63, 3.8) is 0 Å². The Hall–Kier alpha value is -2.57. The molecule has 0 fully saturated rings. The van der Waals surface area contributed by atoms with E-state index in [1.54, 1.807) is 36.4 Å². The zero-order chi connectivity index (χ0) is 15.2. The maximum Gasteiger partial charge on any atom is 0.255 e. The lowest BCUT2D eigenvalue weighted by molar-refractivity contribution is 0.0892. The van der Waals surface area contributed by atoms with Crippen molar-refractivity contribution in [3.05, 3.63) is 42.0 Å². The number of carbonyl (C=O) groups is 1.